The van der Waals surface area contributed by atoms with E-state index in [4.69, 9.17) is 0 Å². The Morgan fingerprint density at radius 2 is 2.31 bits per heavy atom. The monoisotopic (exact) mass is 260 g/mol. The molecule has 1 aliphatic rings. The van der Waals surface area contributed by atoms with Crippen molar-refractivity contribution in [2.45, 2.75) is 24.1 Å². The molecule has 0 aromatic rings. The second kappa shape index (κ2) is 4.80. The number of thioether (sulfide) groups is 1. The van der Waals surface area contributed by atoms with Gasteiger partial charge in [-0.3, -0.25) is 4.79 Å². The second-order valence-electron chi connectivity index (χ2n) is 3.05. The van der Waals surface area contributed by atoms with Gasteiger partial charge in [-0.15, -0.1) is 11.8 Å². The predicted molar refractivity (Wildman–Crippen MR) is 49.8 cm³/mol. The topological polar surface area (TPSA) is 55.8 Å². The highest BCUT2D eigenvalue weighted by atomic mass is 32.2. The molecule has 0 aliphatic carbocycles. The summed E-state index contributed by atoms with van der Waals surface area (Å²) in [5.74, 6) is -4.38. The van der Waals surface area contributed by atoms with Crippen molar-refractivity contribution in [3.05, 3.63) is 0 Å². The lowest BCUT2D eigenvalue weighted by Crippen LogP contribution is -2.60. The number of esters is 1. The Labute approximate surface area is 94.1 Å². The van der Waals surface area contributed by atoms with E-state index in [1.165, 1.54) is 6.92 Å². The van der Waals surface area contributed by atoms with Crippen molar-refractivity contribution < 1.29 is 32.5 Å². The average molecular weight is 260 g/mol. The van der Waals surface area contributed by atoms with E-state index in [2.05, 4.69) is 9.47 Å². The zero-order chi connectivity index (χ0) is 12.4. The largest absolute Gasteiger partial charge is 0.465 e. The fourth-order valence-corrected chi connectivity index (χ4v) is 2.28. The van der Waals surface area contributed by atoms with Crippen molar-refractivity contribution in [2.24, 2.45) is 0 Å². The predicted octanol–water partition coefficient (Wildman–Crippen LogP) is 0.932. The van der Waals surface area contributed by atoms with Crippen LogP contribution in [0.1, 0.15) is 6.92 Å². The van der Waals surface area contributed by atoms with Crippen LogP contribution in [0.5, 0.6) is 0 Å². The van der Waals surface area contributed by atoms with Crippen LogP contribution in [-0.4, -0.2) is 47.3 Å². The highest BCUT2D eigenvalue weighted by Crippen LogP contribution is 2.42. The number of halogens is 3. The number of ether oxygens (including phenoxy) is 2. The summed E-state index contributed by atoms with van der Waals surface area (Å²) in [6.45, 7) is 1.15. The van der Waals surface area contributed by atoms with Gasteiger partial charge in [-0.25, -0.2) is 0 Å². The Bertz CT molecular complexity index is 270. The van der Waals surface area contributed by atoms with Crippen LogP contribution in [0.2, 0.25) is 0 Å². The van der Waals surface area contributed by atoms with E-state index in [9.17, 15) is 23.1 Å². The zero-order valence-corrected chi connectivity index (χ0v) is 9.23. The summed E-state index contributed by atoms with van der Waals surface area (Å²) < 4.78 is 46.5. The minimum absolute atomic E-state index is 0.0518. The molecule has 0 unspecified atom stereocenters. The van der Waals surface area contributed by atoms with Crippen LogP contribution in [0.25, 0.3) is 0 Å². The Balaban J connectivity index is 2.90. The summed E-state index contributed by atoms with van der Waals surface area (Å²) in [5.41, 5.74) is 0. The third kappa shape index (κ3) is 2.44. The summed E-state index contributed by atoms with van der Waals surface area (Å²) in [5, 5.41) is 7.61. The Morgan fingerprint density at radius 3 is 2.81 bits per heavy atom. The van der Waals surface area contributed by atoms with Crippen molar-refractivity contribution in [2.75, 3.05) is 19.0 Å². The molecule has 0 bridgehead atoms. The Kier molecular flexibility index (Phi) is 4.08. The zero-order valence-electron chi connectivity index (χ0n) is 8.41. The van der Waals surface area contributed by atoms with Gasteiger partial charge in [0.2, 0.25) is 0 Å². The SMILES string of the molecule is CCOC(=O)[C@H]1SCCO[C@]1(O)C(F)(F)F. The minimum atomic E-state index is -5.03. The second-order valence-corrected chi connectivity index (χ2v) is 4.26. The summed E-state index contributed by atoms with van der Waals surface area (Å²) >= 11 is 0.676. The van der Waals surface area contributed by atoms with Crippen molar-refractivity contribution in [3.63, 3.8) is 0 Å². The molecule has 0 spiro atoms. The van der Waals surface area contributed by atoms with Crippen LogP contribution in [0.4, 0.5) is 13.2 Å². The average Bonchev–Trinajstić information content (AvgIpc) is 2.17. The number of aliphatic hydroxyl groups is 1. The lowest BCUT2D eigenvalue weighted by molar-refractivity contribution is -0.363. The summed E-state index contributed by atoms with van der Waals surface area (Å²) in [6.07, 6.45) is -5.03. The van der Waals surface area contributed by atoms with Gasteiger partial charge in [-0.1, -0.05) is 0 Å². The normalized spacial score (nSPS) is 31.2. The van der Waals surface area contributed by atoms with Crippen molar-refractivity contribution >= 4 is 17.7 Å². The lowest BCUT2D eigenvalue weighted by Gasteiger charge is -2.38. The highest BCUT2D eigenvalue weighted by Gasteiger charge is 2.64. The van der Waals surface area contributed by atoms with Gasteiger partial charge in [0.05, 0.1) is 13.2 Å². The van der Waals surface area contributed by atoms with Crippen molar-refractivity contribution in [1.29, 1.82) is 0 Å². The van der Waals surface area contributed by atoms with Crippen LogP contribution < -0.4 is 0 Å². The van der Waals surface area contributed by atoms with Gasteiger partial charge < -0.3 is 14.6 Å². The van der Waals surface area contributed by atoms with Crippen LogP contribution in [0.3, 0.4) is 0 Å². The number of carbonyl (C=O) groups is 1. The first-order valence-corrected chi connectivity index (χ1v) is 5.59. The van der Waals surface area contributed by atoms with Crippen molar-refractivity contribution in [3.8, 4) is 0 Å². The van der Waals surface area contributed by atoms with Gasteiger partial charge >= 0.3 is 12.1 Å². The molecule has 4 nitrogen and oxygen atoms in total. The molecular weight excluding hydrogens is 249 g/mol. The molecule has 0 saturated carbocycles. The standard InChI is InChI=1S/C8H11F3O4S/c1-2-14-6(12)5-7(13,8(9,10)11)15-3-4-16-5/h5,13H,2-4H2,1H3/t5-,7+/m1/s1. The van der Waals surface area contributed by atoms with Gasteiger partial charge in [0, 0.05) is 5.75 Å². The molecule has 1 rings (SSSR count). The highest BCUT2D eigenvalue weighted by molar-refractivity contribution is 8.00. The molecule has 0 amide bonds. The maximum atomic E-state index is 12.6. The summed E-state index contributed by atoms with van der Waals surface area (Å²) in [6, 6.07) is 0. The molecule has 16 heavy (non-hydrogen) atoms. The first kappa shape index (κ1) is 13.6. The summed E-state index contributed by atoms with van der Waals surface area (Å²) in [4.78, 5) is 11.3. The van der Waals surface area contributed by atoms with E-state index in [-0.39, 0.29) is 19.0 Å². The third-order valence-corrected chi connectivity index (χ3v) is 3.20. The maximum absolute atomic E-state index is 12.6. The molecule has 0 radical (unpaired) electrons. The minimum Gasteiger partial charge on any atom is -0.465 e. The van der Waals surface area contributed by atoms with Gasteiger partial charge in [0.25, 0.3) is 5.79 Å². The maximum Gasteiger partial charge on any atom is 0.444 e. The number of carbonyl (C=O) groups excluding carboxylic acids is 1. The van der Waals surface area contributed by atoms with Gasteiger partial charge in [0.15, 0.2) is 5.25 Å². The smallest absolute Gasteiger partial charge is 0.444 e. The number of alkyl halides is 3. The van der Waals surface area contributed by atoms with Crippen LogP contribution in [0, 0.1) is 0 Å². The number of hydrogen-bond donors (Lipinski definition) is 1. The van der Waals surface area contributed by atoms with Gasteiger partial charge in [-0.2, -0.15) is 13.2 Å². The van der Waals surface area contributed by atoms with E-state index in [0.29, 0.717) is 11.8 Å². The van der Waals surface area contributed by atoms with Gasteiger partial charge in [-0.05, 0) is 6.92 Å². The van der Waals surface area contributed by atoms with Crippen LogP contribution in [0.15, 0.2) is 0 Å². The fourth-order valence-electron chi connectivity index (χ4n) is 1.23. The van der Waals surface area contributed by atoms with E-state index in [1.807, 2.05) is 0 Å². The van der Waals surface area contributed by atoms with Crippen LogP contribution >= 0.6 is 11.8 Å². The Morgan fingerprint density at radius 1 is 1.69 bits per heavy atom. The molecule has 0 aromatic carbocycles. The molecule has 1 N–H and O–H groups in total. The fraction of sp³-hybridized carbons (Fsp3) is 0.875. The van der Waals surface area contributed by atoms with E-state index < -0.39 is 23.2 Å². The molecule has 1 saturated heterocycles. The van der Waals surface area contributed by atoms with Crippen molar-refractivity contribution in [1.82, 2.24) is 0 Å². The molecule has 0 aromatic heterocycles. The molecule has 1 fully saturated rings. The van der Waals surface area contributed by atoms with E-state index >= 15 is 0 Å². The van der Waals surface area contributed by atoms with Gasteiger partial charge in [0.1, 0.15) is 0 Å². The molecule has 2 atom stereocenters. The molecule has 8 heteroatoms. The van der Waals surface area contributed by atoms with E-state index in [0.717, 1.165) is 0 Å². The third-order valence-electron chi connectivity index (χ3n) is 1.95. The molecular formula is C8H11F3O4S. The first-order valence-electron chi connectivity index (χ1n) is 4.54. The number of hydrogen-bond acceptors (Lipinski definition) is 5. The van der Waals surface area contributed by atoms with Crippen LogP contribution in [-0.2, 0) is 14.3 Å². The molecule has 1 aliphatic heterocycles. The summed E-state index contributed by atoms with van der Waals surface area (Å²) in [7, 11) is 0. The number of rotatable bonds is 2. The lowest BCUT2D eigenvalue weighted by atomic mass is 10.1. The molecule has 94 valence electrons. The Hall–Kier alpha value is -0.470. The first-order chi connectivity index (χ1) is 7.33. The molecule has 1 heterocycles. The quantitative estimate of drug-likeness (QED) is 0.749. The van der Waals surface area contributed by atoms with E-state index in [1.54, 1.807) is 0 Å².